The van der Waals surface area contributed by atoms with Crippen LogP contribution in [0.15, 0.2) is 53.1 Å². The number of halogens is 1. The second-order valence-corrected chi connectivity index (χ2v) is 8.22. The van der Waals surface area contributed by atoms with E-state index in [2.05, 4.69) is 47.1 Å². The van der Waals surface area contributed by atoms with Gasteiger partial charge in [0.1, 0.15) is 5.69 Å². The van der Waals surface area contributed by atoms with Crippen LogP contribution in [0.1, 0.15) is 12.5 Å². The summed E-state index contributed by atoms with van der Waals surface area (Å²) in [6, 6.07) is 13.1. The molecule has 0 aliphatic carbocycles. The Balaban J connectivity index is 1.27. The third-order valence-corrected chi connectivity index (χ3v) is 5.84. The van der Waals surface area contributed by atoms with Crippen LogP contribution in [0.2, 0.25) is 0 Å². The van der Waals surface area contributed by atoms with Crippen molar-refractivity contribution in [3.63, 3.8) is 0 Å². The molecule has 0 radical (unpaired) electrons. The van der Waals surface area contributed by atoms with Crippen molar-refractivity contribution in [2.45, 2.75) is 18.5 Å². The lowest BCUT2D eigenvalue weighted by atomic mass is 10.1. The van der Waals surface area contributed by atoms with Crippen LogP contribution in [0.25, 0.3) is 22.2 Å². The molecule has 2 aromatic carbocycles. The van der Waals surface area contributed by atoms with E-state index >= 15 is 0 Å². The van der Waals surface area contributed by atoms with E-state index in [4.69, 9.17) is 5.73 Å². The van der Waals surface area contributed by atoms with Crippen molar-refractivity contribution in [2.75, 3.05) is 17.6 Å². The Kier molecular flexibility index (Phi) is 4.72. The Morgan fingerprint density at radius 1 is 1.23 bits per heavy atom. The summed E-state index contributed by atoms with van der Waals surface area (Å²) in [6.45, 7) is 0.650. The number of nitrogen functional groups attached to an aromatic ring is 1. The number of aromatic nitrogens is 5. The Morgan fingerprint density at radius 2 is 2.07 bits per heavy atom. The number of carbonyl (C=O) groups excluding carboxylic acids is 1. The second-order valence-electron chi connectivity index (χ2n) is 7.30. The van der Waals surface area contributed by atoms with Crippen molar-refractivity contribution in [3.05, 3.63) is 53.1 Å². The molecule has 2 aromatic heterocycles. The number of hydrogen-bond donors (Lipinski definition) is 4. The monoisotopic (exact) mass is 466 g/mol. The van der Waals surface area contributed by atoms with Crippen LogP contribution in [0, 0.1) is 0 Å². The SMILES string of the molecule is Nc1n[nH]c2cc(-c3cn([C@@H]4CN[C@H](C(=O)Nc5ccc(Br)cc5)C4)nn3)ccc12. The van der Waals surface area contributed by atoms with E-state index in [0.29, 0.717) is 18.8 Å². The zero-order valence-electron chi connectivity index (χ0n) is 15.8. The lowest BCUT2D eigenvalue weighted by molar-refractivity contribution is -0.117. The van der Waals surface area contributed by atoms with Crippen molar-refractivity contribution in [2.24, 2.45) is 0 Å². The predicted molar refractivity (Wildman–Crippen MR) is 118 cm³/mol. The summed E-state index contributed by atoms with van der Waals surface area (Å²) in [6.07, 6.45) is 2.55. The number of amides is 1. The van der Waals surface area contributed by atoms with Crippen LogP contribution in [-0.2, 0) is 4.79 Å². The van der Waals surface area contributed by atoms with Gasteiger partial charge in [-0.3, -0.25) is 9.89 Å². The van der Waals surface area contributed by atoms with Gasteiger partial charge in [0, 0.05) is 27.7 Å². The van der Waals surface area contributed by atoms with E-state index in [-0.39, 0.29) is 18.0 Å². The fourth-order valence-electron chi connectivity index (χ4n) is 3.67. The molecule has 152 valence electrons. The first kappa shape index (κ1) is 18.8. The van der Waals surface area contributed by atoms with E-state index < -0.39 is 0 Å². The predicted octanol–water partition coefficient (Wildman–Crippen LogP) is 2.71. The van der Waals surface area contributed by atoms with Crippen molar-refractivity contribution in [3.8, 4) is 11.3 Å². The molecule has 4 aromatic rings. The highest BCUT2D eigenvalue weighted by atomic mass is 79.9. The number of nitrogens with one attached hydrogen (secondary N) is 3. The van der Waals surface area contributed by atoms with Crippen LogP contribution in [0.4, 0.5) is 11.5 Å². The van der Waals surface area contributed by atoms with Crippen LogP contribution >= 0.6 is 15.9 Å². The molecule has 5 N–H and O–H groups in total. The number of H-pyrrole nitrogens is 1. The second kappa shape index (κ2) is 7.54. The molecule has 9 nitrogen and oxygen atoms in total. The molecular formula is C20H19BrN8O. The number of aromatic amines is 1. The first-order valence-electron chi connectivity index (χ1n) is 9.52. The molecular weight excluding hydrogens is 448 g/mol. The molecule has 1 aliphatic heterocycles. The fourth-order valence-corrected chi connectivity index (χ4v) is 3.93. The zero-order valence-corrected chi connectivity index (χ0v) is 17.4. The van der Waals surface area contributed by atoms with Crippen LogP contribution < -0.4 is 16.4 Å². The summed E-state index contributed by atoms with van der Waals surface area (Å²) in [5, 5.41) is 22.6. The summed E-state index contributed by atoms with van der Waals surface area (Å²) >= 11 is 3.39. The minimum atomic E-state index is -0.282. The number of hydrogen-bond acceptors (Lipinski definition) is 6. The quantitative estimate of drug-likeness (QED) is 0.366. The average Bonchev–Trinajstić information content (AvgIpc) is 3.49. The first-order chi connectivity index (χ1) is 14.6. The number of carbonyl (C=O) groups is 1. The summed E-state index contributed by atoms with van der Waals surface area (Å²) in [7, 11) is 0. The van der Waals surface area contributed by atoms with E-state index in [9.17, 15) is 4.79 Å². The normalized spacial score (nSPS) is 18.7. The molecule has 5 rings (SSSR count). The lowest BCUT2D eigenvalue weighted by Crippen LogP contribution is -2.35. The van der Waals surface area contributed by atoms with Crippen LogP contribution in [0.3, 0.4) is 0 Å². The number of fused-ring (bicyclic) bond motifs is 1. The van der Waals surface area contributed by atoms with E-state index in [0.717, 1.165) is 32.3 Å². The van der Waals surface area contributed by atoms with Gasteiger partial charge in [-0.15, -0.1) is 5.10 Å². The van der Waals surface area contributed by atoms with Gasteiger partial charge in [-0.1, -0.05) is 27.2 Å². The smallest absolute Gasteiger partial charge is 0.241 e. The van der Waals surface area contributed by atoms with Crippen molar-refractivity contribution >= 4 is 44.2 Å². The van der Waals surface area contributed by atoms with E-state index in [1.807, 2.05) is 53.3 Å². The molecule has 1 amide bonds. The highest BCUT2D eigenvalue weighted by Crippen LogP contribution is 2.26. The Labute approximate surface area is 180 Å². The lowest BCUT2D eigenvalue weighted by Gasteiger charge is -2.11. The van der Waals surface area contributed by atoms with Crippen molar-refractivity contribution in [1.82, 2.24) is 30.5 Å². The molecule has 3 heterocycles. The van der Waals surface area contributed by atoms with Gasteiger partial charge < -0.3 is 16.4 Å². The van der Waals surface area contributed by atoms with Gasteiger partial charge >= 0.3 is 0 Å². The Bertz CT molecular complexity index is 1220. The van der Waals surface area contributed by atoms with Crippen molar-refractivity contribution < 1.29 is 4.79 Å². The summed E-state index contributed by atoms with van der Waals surface area (Å²) in [5.41, 5.74) is 9.13. The highest BCUT2D eigenvalue weighted by molar-refractivity contribution is 9.10. The molecule has 0 unspecified atom stereocenters. The summed E-state index contributed by atoms with van der Waals surface area (Å²) in [5.74, 6) is 0.423. The number of nitrogens with two attached hydrogens (primary N) is 1. The largest absolute Gasteiger partial charge is 0.382 e. The molecule has 0 bridgehead atoms. The number of benzene rings is 2. The van der Waals surface area contributed by atoms with Gasteiger partial charge in [0.2, 0.25) is 5.91 Å². The molecule has 0 saturated carbocycles. The van der Waals surface area contributed by atoms with Gasteiger partial charge in [-0.05, 0) is 42.8 Å². The minimum absolute atomic E-state index is 0.0533. The Hall–Kier alpha value is -3.24. The van der Waals surface area contributed by atoms with Crippen LogP contribution in [-0.4, -0.2) is 43.7 Å². The Morgan fingerprint density at radius 3 is 2.90 bits per heavy atom. The standard InChI is InChI=1S/C20H19BrN8O/c21-12-2-4-13(5-3-12)24-20(30)17-8-14(9-23-17)29-10-18(26-28-29)11-1-6-15-16(7-11)25-27-19(15)22/h1-7,10,14,17,23H,8-9H2,(H,24,30)(H3,22,25,27)/t14-,17-/m0/s1. The molecule has 1 saturated heterocycles. The van der Waals surface area contributed by atoms with Crippen molar-refractivity contribution in [1.29, 1.82) is 0 Å². The first-order valence-corrected chi connectivity index (χ1v) is 10.3. The molecule has 10 heteroatoms. The number of rotatable bonds is 4. The van der Waals surface area contributed by atoms with Crippen LogP contribution in [0.5, 0.6) is 0 Å². The third kappa shape index (κ3) is 3.55. The van der Waals surface area contributed by atoms with E-state index in [1.54, 1.807) is 0 Å². The number of anilines is 2. The number of nitrogens with zero attached hydrogens (tertiary/aromatic N) is 4. The zero-order chi connectivity index (χ0) is 20.7. The molecule has 30 heavy (non-hydrogen) atoms. The average molecular weight is 467 g/mol. The molecule has 0 spiro atoms. The van der Waals surface area contributed by atoms with Gasteiger partial charge in [0.25, 0.3) is 0 Å². The highest BCUT2D eigenvalue weighted by Gasteiger charge is 2.31. The van der Waals surface area contributed by atoms with Gasteiger partial charge in [-0.25, -0.2) is 4.68 Å². The molecule has 1 fully saturated rings. The summed E-state index contributed by atoms with van der Waals surface area (Å²) in [4.78, 5) is 12.6. The van der Waals surface area contributed by atoms with Gasteiger partial charge in [0.05, 0.1) is 23.8 Å². The van der Waals surface area contributed by atoms with Gasteiger partial charge in [0.15, 0.2) is 5.82 Å². The molecule has 1 aliphatic rings. The minimum Gasteiger partial charge on any atom is -0.382 e. The van der Waals surface area contributed by atoms with E-state index in [1.165, 1.54) is 0 Å². The van der Waals surface area contributed by atoms with Gasteiger partial charge in [-0.2, -0.15) is 5.10 Å². The maximum Gasteiger partial charge on any atom is 0.241 e. The third-order valence-electron chi connectivity index (χ3n) is 5.31. The summed E-state index contributed by atoms with van der Waals surface area (Å²) < 4.78 is 2.79. The maximum atomic E-state index is 12.6. The maximum absolute atomic E-state index is 12.6. The molecule has 2 atom stereocenters. The fraction of sp³-hybridized carbons (Fsp3) is 0.200. The topological polar surface area (TPSA) is 127 Å².